The lowest BCUT2D eigenvalue weighted by atomic mass is 9.95. The van der Waals surface area contributed by atoms with Gasteiger partial charge in [0.1, 0.15) is 0 Å². The van der Waals surface area contributed by atoms with Crippen LogP contribution in [0.5, 0.6) is 0 Å². The molecule has 2 nitrogen and oxygen atoms in total. The zero-order valence-electron chi connectivity index (χ0n) is 10.9. The second-order valence-electron chi connectivity index (χ2n) is 6.06. The van der Waals surface area contributed by atoms with Crippen molar-refractivity contribution in [2.24, 2.45) is 17.8 Å². The van der Waals surface area contributed by atoms with Crippen LogP contribution < -0.4 is 5.32 Å². The van der Waals surface area contributed by atoms with Gasteiger partial charge in [-0.2, -0.15) is 0 Å². The monoisotopic (exact) mass is 225 g/mol. The van der Waals surface area contributed by atoms with Gasteiger partial charge in [-0.25, -0.2) is 0 Å². The van der Waals surface area contributed by atoms with Gasteiger partial charge < -0.3 is 10.1 Å². The van der Waals surface area contributed by atoms with Gasteiger partial charge in [0.2, 0.25) is 0 Å². The first-order valence-electron chi connectivity index (χ1n) is 7.07. The topological polar surface area (TPSA) is 21.3 Å². The Hall–Kier alpha value is -0.0800. The van der Waals surface area contributed by atoms with E-state index < -0.39 is 0 Å². The molecule has 0 saturated heterocycles. The van der Waals surface area contributed by atoms with Crippen LogP contribution in [0.4, 0.5) is 0 Å². The molecule has 0 spiro atoms. The number of hydrogen-bond acceptors (Lipinski definition) is 2. The highest BCUT2D eigenvalue weighted by molar-refractivity contribution is 4.93. The highest BCUT2D eigenvalue weighted by Gasteiger charge is 2.38. The summed E-state index contributed by atoms with van der Waals surface area (Å²) in [6, 6.07) is 0.837. The molecule has 0 aromatic rings. The second kappa shape index (κ2) is 6.02. The summed E-state index contributed by atoms with van der Waals surface area (Å²) < 4.78 is 5.58. The number of fused-ring (bicyclic) bond motifs is 2. The largest absolute Gasteiger partial charge is 0.381 e. The molecule has 3 atom stereocenters. The summed E-state index contributed by atoms with van der Waals surface area (Å²) in [5.74, 6) is 2.72. The molecule has 2 heteroatoms. The fourth-order valence-electron chi connectivity index (χ4n) is 3.28. The minimum Gasteiger partial charge on any atom is -0.381 e. The van der Waals surface area contributed by atoms with Crippen molar-refractivity contribution >= 4 is 0 Å². The van der Waals surface area contributed by atoms with Crippen molar-refractivity contribution in [3.05, 3.63) is 0 Å². The van der Waals surface area contributed by atoms with E-state index in [2.05, 4.69) is 19.2 Å². The molecule has 2 aliphatic carbocycles. The van der Waals surface area contributed by atoms with Crippen molar-refractivity contribution in [3.63, 3.8) is 0 Å². The molecule has 0 aliphatic heterocycles. The van der Waals surface area contributed by atoms with Crippen molar-refractivity contribution in [1.82, 2.24) is 5.32 Å². The van der Waals surface area contributed by atoms with Crippen LogP contribution in [-0.2, 0) is 4.74 Å². The SMILES string of the molecule is CC(C)COCCCNC1CC2CCC1C2. The van der Waals surface area contributed by atoms with E-state index in [-0.39, 0.29) is 0 Å². The van der Waals surface area contributed by atoms with Crippen LogP contribution in [0.1, 0.15) is 46.0 Å². The first-order valence-corrected chi connectivity index (χ1v) is 7.07. The normalized spacial score (nSPS) is 32.8. The van der Waals surface area contributed by atoms with E-state index in [1.54, 1.807) is 0 Å². The van der Waals surface area contributed by atoms with Crippen LogP contribution in [0.25, 0.3) is 0 Å². The van der Waals surface area contributed by atoms with Crippen molar-refractivity contribution in [1.29, 1.82) is 0 Å². The number of hydrogen-bond donors (Lipinski definition) is 1. The summed E-state index contributed by atoms with van der Waals surface area (Å²) in [7, 11) is 0. The van der Waals surface area contributed by atoms with Crippen LogP contribution in [-0.4, -0.2) is 25.8 Å². The average molecular weight is 225 g/mol. The molecular formula is C14H27NO. The maximum atomic E-state index is 5.58. The summed E-state index contributed by atoms with van der Waals surface area (Å²) in [6.07, 6.45) is 7.09. The molecule has 2 fully saturated rings. The molecule has 0 aromatic carbocycles. The van der Waals surface area contributed by atoms with Gasteiger partial charge in [-0.1, -0.05) is 20.3 Å². The van der Waals surface area contributed by atoms with Gasteiger partial charge in [-0.3, -0.25) is 0 Å². The number of ether oxygens (including phenoxy) is 1. The third-order valence-corrected chi connectivity index (χ3v) is 4.06. The molecule has 1 N–H and O–H groups in total. The second-order valence-corrected chi connectivity index (χ2v) is 6.06. The highest BCUT2D eigenvalue weighted by Crippen LogP contribution is 2.44. The van der Waals surface area contributed by atoms with Crippen molar-refractivity contribution in [2.75, 3.05) is 19.8 Å². The highest BCUT2D eigenvalue weighted by atomic mass is 16.5. The van der Waals surface area contributed by atoms with E-state index >= 15 is 0 Å². The Balaban J connectivity index is 1.46. The quantitative estimate of drug-likeness (QED) is 0.673. The van der Waals surface area contributed by atoms with Gasteiger partial charge in [0.05, 0.1) is 0 Å². The van der Waals surface area contributed by atoms with Crippen LogP contribution in [0.2, 0.25) is 0 Å². The van der Waals surface area contributed by atoms with E-state index in [9.17, 15) is 0 Å². The Labute approximate surface area is 100 Å². The zero-order chi connectivity index (χ0) is 11.4. The van der Waals surface area contributed by atoms with Gasteiger partial charge in [-0.05, 0) is 50.0 Å². The molecule has 16 heavy (non-hydrogen) atoms. The smallest absolute Gasteiger partial charge is 0.0489 e. The summed E-state index contributed by atoms with van der Waals surface area (Å²) >= 11 is 0. The van der Waals surface area contributed by atoms with Gasteiger partial charge in [0, 0.05) is 19.3 Å². The molecule has 0 aromatic heterocycles. The maximum Gasteiger partial charge on any atom is 0.0489 e. The molecule has 0 radical (unpaired) electrons. The van der Waals surface area contributed by atoms with Crippen molar-refractivity contribution in [2.45, 2.75) is 52.0 Å². The molecule has 2 aliphatic rings. The standard InChI is InChI=1S/C14H27NO/c1-11(2)10-16-7-3-6-15-14-9-12-4-5-13(14)8-12/h11-15H,3-10H2,1-2H3. The van der Waals surface area contributed by atoms with Crippen molar-refractivity contribution in [3.8, 4) is 0 Å². The van der Waals surface area contributed by atoms with Crippen LogP contribution in [0.15, 0.2) is 0 Å². The molecular weight excluding hydrogens is 198 g/mol. The van der Waals surface area contributed by atoms with Gasteiger partial charge in [-0.15, -0.1) is 0 Å². The summed E-state index contributed by atoms with van der Waals surface area (Å²) in [5.41, 5.74) is 0. The van der Waals surface area contributed by atoms with E-state index in [0.717, 1.165) is 37.6 Å². The number of nitrogens with one attached hydrogen (secondary N) is 1. The van der Waals surface area contributed by atoms with Gasteiger partial charge in [0.15, 0.2) is 0 Å². The number of rotatable bonds is 7. The summed E-state index contributed by atoms with van der Waals surface area (Å²) in [4.78, 5) is 0. The Morgan fingerprint density at radius 2 is 2.12 bits per heavy atom. The molecule has 0 amide bonds. The molecule has 2 saturated carbocycles. The Morgan fingerprint density at radius 3 is 2.75 bits per heavy atom. The lowest BCUT2D eigenvalue weighted by Gasteiger charge is -2.22. The Kier molecular flexibility index (Phi) is 4.66. The first kappa shape index (κ1) is 12.4. The van der Waals surface area contributed by atoms with Crippen molar-refractivity contribution < 1.29 is 4.74 Å². The average Bonchev–Trinajstić information content (AvgIpc) is 2.84. The molecule has 3 unspecified atom stereocenters. The van der Waals surface area contributed by atoms with Crippen LogP contribution >= 0.6 is 0 Å². The fraction of sp³-hybridized carbons (Fsp3) is 1.00. The van der Waals surface area contributed by atoms with Gasteiger partial charge in [0.25, 0.3) is 0 Å². The summed E-state index contributed by atoms with van der Waals surface area (Å²) in [5, 5.41) is 3.72. The Morgan fingerprint density at radius 1 is 1.25 bits per heavy atom. The third-order valence-electron chi connectivity index (χ3n) is 4.06. The minimum absolute atomic E-state index is 0.665. The lowest BCUT2D eigenvalue weighted by Crippen LogP contribution is -2.34. The molecule has 2 bridgehead atoms. The Bertz CT molecular complexity index is 205. The first-order chi connectivity index (χ1) is 7.75. The molecule has 0 heterocycles. The lowest BCUT2D eigenvalue weighted by molar-refractivity contribution is 0.107. The van der Waals surface area contributed by atoms with Crippen LogP contribution in [0, 0.1) is 17.8 Å². The van der Waals surface area contributed by atoms with E-state index in [1.807, 2.05) is 0 Å². The fourth-order valence-corrected chi connectivity index (χ4v) is 3.28. The van der Waals surface area contributed by atoms with E-state index in [0.29, 0.717) is 5.92 Å². The summed E-state index contributed by atoms with van der Waals surface area (Å²) in [6.45, 7) is 7.38. The van der Waals surface area contributed by atoms with E-state index in [1.165, 1.54) is 32.1 Å². The predicted octanol–water partition coefficient (Wildman–Crippen LogP) is 2.83. The minimum atomic E-state index is 0.665. The van der Waals surface area contributed by atoms with Crippen LogP contribution in [0.3, 0.4) is 0 Å². The predicted molar refractivity (Wildman–Crippen MR) is 67.5 cm³/mol. The third kappa shape index (κ3) is 3.46. The van der Waals surface area contributed by atoms with E-state index in [4.69, 9.17) is 4.74 Å². The molecule has 94 valence electrons. The van der Waals surface area contributed by atoms with Gasteiger partial charge >= 0.3 is 0 Å². The zero-order valence-corrected chi connectivity index (χ0v) is 10.9. The molecule has 2 rings (SSSR count). The maximum absolute atomic E-state index is 5.58.